The zero-order valence-electron chi connectivity index (χ0n) is 19.5. The summed E-state index contributed by atoms with van der Waals surface area (Å²) in [6.45, 7) is 4.69. The van der Waals surface area contributed by atoms with Crippen molar-refractivity contribution in [1.29, 1.82) is 0 Å². The Balaban J connectivity index is 1.55. The highest BCUT2D eigenvalue weighted by Gasteiger charge is 2.28. The molecule has 1 fully saturated rings. The van der Waals surface area contributed by atoms with Gasteiger partial charge in [-0.3, -0.25) is 0 Å². The van der Waals surface area contributed by atoms with Crippen LogP contribution in [-0.2, 0) is 4.74 Å². The van der Waals surface area contributed by atoms with Gasteiger partial charge in [-0.1, -0.05) is 25.5 Å². The number of carbonyl (C=O) groups excluding carboxylic acids is 1. The molecule has 188 valence electrons. The number of fused-ring (bicyclic) bond motifs is 1. The largest absolute Gasteiger partial charge is 0.448 e. The lowest BCUT2D eigenvalue weighted by molar-refractivity contribution is -0.115. The summed E-state index contributed by atoms with van der Waals surface area (Å²) in [7, 11) is 0. The van der Waals surface area contributed by atoms with Crippen LogP contribution in [0, 0.1) is 12.8 Å². The molecular formula is C23H27F3N6O2S. The second-order valence-corrected chi connectivity index (χ2v) is 9.39. The number of nitrogens with one attached hydrogen (secondary N) is 2. The molecule has 1 aliphatic heterocycles. The Morgan fingerprint density at radius 1 is 1.20 bits per heavy atom. The number of para-hydroxylation sites is 1. The minimum atomic E-state index is -4.39. The standard InChI is InChI=1S/C23H27F3N6O2S/c1-3-15(12-32-10-11-34-22(32)33)8-9-27-19-18(20-30-16-6-4-5-7-17(16)35-20)14(2)29-21(31-19)28-13-23(24,25)26/h4-7,15H,3,8-13H2,1-2H3,(H2,27,28,29,31). The van der Waals surface area contributed by atoms with Crippen LogP contribution in [0.2, 0.25) is 0 Å². The van der Waals surface area contributed by atoms with Crippen LogP contribution in [0.25, 0.3) is 20.8 Å². The first-order valence-electron chi connectivity index (χ1n) is 11.4. The number of ether oxygens (including phenoxy) is 1. The minimum Gasteiger partial charge on any atom is -0.448 e. The van der Waals surface area contributed by atoms with Gasteiger partial charge in [-0.25, -0.2) is 14.8 Å². The van der Waals surface area contributed by atoms with E-state index in [9.17, 15) is 18.0 Å². The number of hydrogen-bond donors (Lipinski definition) is 2. The second kappa shape index (κ2) is 10.6. The molecule has 3 heterocycles. The van der Waals surface area contributed by atoms with Gasteiger partial charge in [-0.15, -0.1) is 11.3 Å². The fourth-order valence-electron chi connectivity index (χ4n) is 3.92. The third-order valence-electron chi connectivity index (χ3n) is 5.79. The Hall–Kier alpha value is -3.15. The Kier molecular flexibility index (Phi) is 7.58. The molecular weight excluding hydrogens is 481 g/mol. The van der Waals surface area contributed by atoms with E-state index in [1.165, 1.54) is 11.3 Å². The third kappa shape index (κ3) is 6.30. The van der Waals surface area contributed by atoms with Gasteiger partial charge in [-0.2, -0.15) is 18.2 Å². The van der Waals surface area contributed by atoms with E-state index in [2.05, 4.69) is 27.5 Å². The molecule has 1 saturated heterocycles. The van der Waals surface area contributed by atoms with Gasteiger partial charge in [0.25, 0.3) is 0 Å². The topological polar surface area (TPSA) is 92.3 Å². The van der Waals surface area contributed by atoms with Gasteiger partial charge in [0, 0.05) is 13.1 Å². The van der Waals surface area contributed by atoms with Gasteiger partial charge in [0.1, 0.15) is 24.0 Å². The molecule has 1 aliphatic rings. The maximum absolute atomic E-state index is 12.8. The lowest BCUT2D eigenvalue weighted by Crippen LogP contribution is -2.31. The highest BCUT2D eigenvalue weighted by molar-refractivity contribution is 7.21. The van der Waals surface area contributed by atoms with Crippen LogP contribution in [0.15, 0.2) is 24.3 Å². The van der Waals surface area contributed by atoms with E-state index in [0.717, 1.165) is 23.1 Å². The number of nitrogens with zero attached hydrogens (tertiary/aromatic N) is 4. The number of amides is 1. The average Bonchev–Trinajstić information content (AvgIpc) is 3.42. The summed E-state index contributed by atoms with van der Waals surface area (Å²) in [6.07, 6.45) is -3.06. The molecule has 1 amide bonds. The molecule has 1 aromatic carbocycles. The van der Waals surface area contributed by atoms with Crippen molar-refractivity contribution in [2.24, 2.45) is 5.92 Å². The predicted octanol–water partition coefficient (Wildman–Crippen LogP) is 5.32. The Bertz CT molecular complexity index is 1150. The predicted molar refractivity (Wildman–Crippen MR) is 130 cm³/mol. The number of alkyl halides is 3. The normalized spacial score (nSPS) is 14.9. The Morgan fingerprint density at radius 2 is 2.00 bits per heavy atom. The molecule has 3 aromatic rings. The number of cyclic esters (lactones) is 1. The molecule has 4 rings (SSSR count). The molecule has 0 radical (unpaired) electrons. The summed E-state index contributed by atoms with van der Waals surface area (Å²) in [4.78, 5) is 26.8. The van der Waals surface area contributed by atoms with Crippen molar-refractivity contribution in [3.05, 3.63) is 30.0 Å². The number of halogens is 3. The SMILES string of the molecule is CCC(CCNc1nc(NCC(F)(F)F)nc(C)c1-c1nc2ccccc2s1)CN1CCOC1=O. The summed E-state index contributed by atoms with van der Waals surface area (Å²) in [5.41, 5.74) is 2.03. The summed E-state index contributed by atoms with van der Waals surface area (Å²) in [6, 6.07) is 7.71. The molecule has 8 nitrogen and oxygen atoms in total. The monoisotopic (exact) mass is 508 g/mol. The molecule has 35 heavy (non-hydrogen) atoms. The van der Waals surface area contributed by atoms with Crippen LogP contribution in [-0.4, -0.2) is 64.9 Å². The summed E-state index contributed by atoms with van der Waals surface area (Å²) in [5, 5.41) is 6.26. The number of thiazole rings is 1. The van der Waals surface area contributed by atoms with Crippen LogP contribution >= 0.6 is 11.3 Å². The minimum absolute atomic E-state index is 0.0981. The van der Waals surface area contributed by atoms with Crippen molar-refractivity contribution in [2.45, 2.75) is 32.9 Å². The molecule has 0 spiro atoms. The van der Waals surface area contributed by atoms with E-state index in [4.69, 9.17) is 9.72 Å². The molecule has 12 heteroatoms. The van der Waals surface area contributed by atoms with Crippen LogP contribution < -0.4 is 10.6 Å². The van der Waals surface area contributed by atoms with E-state index in [1.54, 1.807) is 11.8 Å². The van der Waals surface area contributed by atoms with Gasteiger partial charge >= 0.3 is 12.3 Å². The number of anilines is 2. The van der Waals surface area contributed by atoms with E-state index in [-0.39, 0.29) is 18.0 Å². The number of hydrogen-bond acceptors (Lipinski definition) is 8. The molecule has 2 aromatic heterocycles. The van der Waals surface area contributed by atoms with Crippen molar-refractivity contribution < 1.29 is 22.7 Å². The fraction of sp³-hybridized carbons (Fsp3) is 0.478. The highest BCUT2D eigenvalue weighted by Crippen LogP contribution is 2.36. The first kappa shape index (κ1) is 25.0. The van der Waals surface area contributed by atoms with Crippen molar-refractivity contribution in [3.8, 4) is 10.6 Å². The fourth-order valence-corrected chi connectivity index (χ4v) is 4.98. The number of aromatic nitrogens is 3. The summed E-state index contributed by atoms with van der Waals surface area (Å²) < 4.78 is 44.3. The maximum Gasteiger partial charge on any atom is 0.409 e. The van der Waals surface area contributed by atoms with Crippen LogP contribution in [0.3, 0.4) is 0 Å². The van der Waals surface area contributed by atoms with Crippen molar-refractivity contribution in [1.82, 2.24) is 19.9 Å². The molecule has 0 aliphatic carbocycles. The molecule has 0 bridgehead atoms. The zero-order chi connectivity index (χ0) is 25.0. The third-order valence-corrected chi connectivity index (χ3v) is 6.84. The van der Waals surface area contributed by atoms with Crippen LogP contribution in [0.1, 0.15) is 25.5 Å². The number of aryl methyl sites for hydroxylation is 1. The average molecular weight is 509 g/mol. The first-order valence-corrected chi connectivity index (χ1v) is 12.3. The molecule has 0 saturated carbocycles. The van der Waals surface area contributed by atoms with Crippen LogP contribution in [0.4, 0.5) is 29.7 Å². The second-order valence-electron chi connectivity index (χ2n) is 8.36. The first-order chi connectivity index (χ1) is 16.7. The summed E-state index contributed by atoms with van der Waals surface area (Å²) in [5.74, 6) is 0.570. The van der Waals surface area contributed by atoms with Crippen LogP contribution in [0.5, 0.6) is 0 Å². The lowest BCUT2D eigenvalue weighted by Gasteiger charge is -2.21. The maximum atomic E-state index is 12.8. The smallest absolute Gasteiger partial charge is 0.409 e. The molecule has 2 N–H and O–H groups in total. The molecule has 1 atom stereocenters. The van der Waals surface area contributed by atoms with Gasteiger partial charge in [0.2, 0.25) is 5.95 Å². The van der Waals surface area contributed by atoms with E-state index >= 15 is 0 Å². The molecule has 1 unspecified atom stereocenters. The quantitative estimate of drug-likeness (QED) is 0.383. The number of benzene rings is 1. The number of rotatable bonds is 10. The Morgan fingerprint density at radius 3 is 2.69 bits per heavy atom. The zero-order valence-corrected chi connectivity index (χ0v) is 20.3. The van der Waals surface area contributed by atoms with Gasteiger partial charge in [0.15, 0.2) is 0 Å². The number of carbonyl (C=O) groups is 1. The van der Waals surface area contributed by atoms with E-state index in [0.29, 0.717) is 48.3 Å². The van der Waals surface area contributed by atoms with E-state index < -0.39 is 12.7 Å². The van der Waals surface area contributed by atoms with Crippen molar-refractivity contribution in [3.63, 3.8) is 0 Å². The Labute approximate surface area is 204 Å². The van der Waals surface area contributed by atoms with E-state index in [1.807, 2.05) is 24.3 Å². The highest BCUT2D eigenvalue weighted by atomic mass is 32.1. The van der Waals surface area contributed by atoms with Gasteiger partial charge in [0.05, 0.1) is 28.0 Å². The van der Waals surface area contributed by atoms with Crippen molar-refractivity contribution >= 4 is 39.4 Å². The van der Waals surface area contributed by atoms with Gasteiger partial charge < -0.3 is 20.3 Å². The van der Waals surface area contributed by atoms with Crippen molar-refractivity contribution in [2.75, 3.05) is 43.4 Å². The van der Waals surface area contributed by atoms with Gasteiger partial charge in [-0.05, 0) is 31.4 Å². The summed E-state index contributed by atoms with van der Waals surface area (Å²) >= 11 is 1.48. The lowest BCUT2D eigenvalue weighted by atomic mass is 10.0.